The number of hydrogen-bond acceptors (Lipinski definition) is 2. The van der Waals surface area contributed by atoms with Crippen molar-refractivity contribution in [3.63, 3.8) is 0 Å². The van der Waals surface area contributed by atoms with Gasteiger partial charge in [0, 0.05) is 12.8 Å². The first-order valence-corrected chi connectivity index (χ1v) is 4.13. The van der Waals surface area contributed by atoms with Crippen LogP contribution in [0.15, 0.2) is 0 Å². The second-order valence-corrected chi connectivity index (χ2v) is 3.33. The first-order valence-electron chi connectivity index (χ1n) is 4.13. The van der Waals surface area contributed by atoms with E-state index in [1.807, 2.05) is 0 Å². The van der Waals surface area contributed by atoms with Crippen LogP contribution >= 0.6 is 0 Å². The van der Waals surface area contributed by atoms with Crippen molar-refractivity contribution in [2.75, 3.05) is 6.61 Å². The van der Waals surface area contributed by atoms with E-state index in [-0.39, 0.29) is 5.79 Å². The molecule has 0 aromatic carbocycles. The molecular formula is C8H14O2. The molecule has 2 heterocycles. The minimum Gasteiger partial charge on any atom is -0.350 e. The van der Waals surface area contributed by atoms with Crippen molar-refractivity contribution in [2.24, 2.45) is 0 Å². The smallest absolute Gasteiger partial charge is 0.168 e. The molecule has 0 amide bonds. The Morgan fingerprint density at radius 3 is 2.80 bits per heavy atom. The fourth-order valence-electron chi connectivity index (χ4n) is 1.87. The van der Waals surface area contributed by atoms with Gasteiger partial charge in [0.15, 0.2) is 5.79 Å². The van der Waals surface area contributed by atoms with Crippen molar-refractivity contribution >= 4 is 0 Å². The highest BCUT2D eigenvalue weighted by Gasteiger charge is 2.42. The molecule has 2 aliphatic heterocycles. The molecule has 1 spiro atoms. The largest absolute Gasteiger partial charge is 0.350 e. The zero-order valence-corrected chi connectivity index (χ0v) is 6.43. The highest BCUT2D eigenvalue weighted by Crippen LogP contribution is 2.38. The monoisotopic (exact) mass is 142 g/mol. The van der Waals surface area contributed by atoms with E-state index in [9.17, 15) is 0 Å². The second kappa shape index (κ2) is 2.21. The summed E-state index contributed by atoms with van der Waals surface area (Å²) in [6, 6.07) is 0. The van der Waals surface area contributed by atoms with Crippen LogP contribution in [-0.4, -0.2) is 18.5 Å². The Bertz CT molecular complexity index is 127. The first kappa shape index (κ1) is 6.62. The lowest BCUT2D eigenvalue weighted by molar-refractivity contribution is -0.195. The average Bonchev–Trinajstić information content (AvgIpc) is 2.46. The molecule has 0 aromatic rings. The summed E-state index contributed by atoms with van der Waals surface area (Å²) in [6.45, 7) is 3.02. The third-order valence-corrected chi connectivity index (χ3v) is 2.41. The van der Waals surface area contributed by atoms with Gasteiger partial charge < -0.3 is 9.47 Å². The lowest BCUT2D eigenvalue weighted by atomic mass is 10.1. The lowest BCUT2D eigenvalue weighted by Gasteiger charge is -2.21. The van der Waals surface area contributed by atoms with E-state index in [1.54, 1.807) is 0 Å². The van der Waals surface area contributed by atoms with Gasteiger partial charge in [0.05, 0.1) is 12.7 Å². The maximum absolute atomic E-state index is 5.69. The summed E-state index contributed by atoms with van der Waals surface area (Å²) in [7, 11) is 0. The van der Waals surface area contributed by atoms with Crippen LogP contribution in [0.2, 0.25) is 0 Å². The third kappa shape index (κ3) is 0.956. The van der Waals surface area contributed by atoms with Crippen LogP contribution in [0.5, 0.6) is 0 Å². The average molecular weight is 142 g/mol. The first-order chi connectivity index (χ1) is 4.81. The number of ether oxygens (including phenoxy) is 2. The van der Waals surface area contributed by atoms with Crippen molar-refractivity contribution in [1.29, 1.82) is 0 Å². The number of hydrogen-bond donors (Lipinski definition) is 0. The Kier molecular flexibility index (Phi) is 1.46. The van der Waals surface area contributed by atoms with Crippen molar-refractivity contribution in [2.45, 2.75) is 44.5 Å². The Balaban J connectivity index is 2.03. The zero-order chi connectivity index (χ0) is 7.03. The molecule has 58 valence electrons. The van der Waals surface area contributed by atoms with Crippen LogP contribution in [0.4, 0.5) is 0 Å². The minimum atomic E-state index is -0.139. The Hall–Kier alpha value is -0.0800. The van der Waals surface area contributed by atoms with Crippen LogP contribution in [-0.2, 0) is 9.47 Å². The Morgan fingerprint density at radius 2 is 2.30 bits per heavy atom. The molecule has 0 saturated carbocycles. The normalized spacial score (nSPS) is 47.1. The molecule has 2 nitrogen and oxygen atoms in total. The van der Waals surface area contributed by atoms with E-state index >= 15 is 0 Å². The minimum absolute atomic E-state index is 0.139. The molecule has 0 N–H and O–H groups in total. The summed E-state index contributed by atoms with van der Waals surface area (Å²) < 4.78 is 11.2. The Labute approximate surface area is 61.5 Å². The molecule has 2 aliphatic rings. The second-order valence-electron chi connectivity index (χ2n) is 3.33. The van der Waals surface area contributed by atoms with Gasteiger partial charge in [-0.05, 0) is 19.8 Å². The zero-order valence-electron chi connectivity index (χ0n) is 6.43. The topological polar surface area (TPSA) is 18.5 Å². The fraction of sp³-hybridized carbons (Fsp3) is 1.00. The highest BCUT2D eigenvalue weighted by molar-refractivity contribution is 4.82. The SMILES string of the molecule is C[C@H]1CC[C@@]2(CCCO2)O1. The van der Waals surface area contributed by atoms with E-state index in [2.05, 4.69) is 6.92 Å². The maximum Gasteiger partial charge on any atom is 0.168 e. The molecule has 2 atom stereocenters. The van der Waals surface area contributed by atoms with Crippen molar-refractivity contribution in [3.8, 4) is 0 Å². The Morgan fingerprint density at radius 1 is 1.40 bits per heavy atom. The molecule has 2 saturated heterocycles. The van der Waals surface area contributed by atoms with Gasteiger partial charge in [0.1, 0.15) is 0 Å². The molecule has 0 aromatic heterocycles. The summed E-state index contributed by atoms with van der Waals surface area (Å²) in [5, 5.41) is 0. The van der Waals surface area contributed by atoms with Crippen LogP contribution in [0.25, 0.3) is 0 Å². The lowest BCUT2D eigenvalue weighted by Crippen LogP contribution is -2.26. The van der Waals surface area contributed by atoms with Gasteiger partial charge in [-0.3, -0.25) is 0 Å². The van der Waals surface area contributed by atoms with Gasteiger partial charge in [-0.25, -0.2) is 0 Å². The van der Waals surface area contributed by atoms with Gasteiger partial charge in [-0.2, -0.15) is 0 Å². The molecule has 0 unspecified atom stereocenters. The molecule has 0 bridgehead atoms. The maximum atomic E-state index is 5.69. The predicted octanol–water partition coefficient (Wildman–Crippen LogP) is 1.69. The molecule has 0 radical (unpaired) electrons. The molecular weight excluding hydrogens is 128 g/mol. The van der Waals surface area contributed by atoms with Crippen LogP contribution in [0.3, 0.4) is 0 Å². The van der Waals surface area contributed by atoms with Gasteiger partial charge >= 0.3 is 0 Å². The number of rotatable bonds is 0. The van der Waals surface area contributed by atoms with E-state index < -0.39 is 0 Å². The van der Waals surface area contributed by atoms with Crippen molar-refractivity contribution < 1.29 is 9.47 Å². The summed E-state index contributed by atoms with van der Waals surface area (Å²) in [5.74, 6) is -0.139. The van der Waals surface area contributed by atoms with Crippen molar-refractivity contribution in [3.05, 3.63) is 0 Å². The molecule has 2 rings (SSSR count). The quantitative estimate of drug-likeness (QED) is 0.512. The van der Waals surface area contributed by atoms with E-state index in [4.69, 9.17) is 9.47 Å². The molecule has 0 aliphatic carbocycles. The molecule has 2 heteroatoms. The van der Waals surface area contributed by atoms with Gasteiger partial charge in [-0.1, -0.05) is 0 Å². The highest BCUT2D eigenvalue weighted by atomic mass is 16.7. The standard InChI is InChI=1S/C8H14O2/c1-7-3-5-8(10-7)4-2-6-9-8/h7H,2-6H2,1H3/t7-,8+/m0/s1. The van der Waals surface area contributed by atoms with E-state index in [1.165, 1.54) is 12.8 Å². The van der Waals surface area contributed by atoms with Crippen LogP contribution in [0.1, 0.15) is 32.6 Å². The summed E-state index contributed by atoms with van der Waals surface area (Å²) in [5.41, 5.74) is 0. The van der Waals surface area contributed by atoms with E-state index in [0.29, 0.717) is 6.10 Å². The van der Waals surface area contributed by atoms with Gasteiger partial charge in [-0.15, -0.1) is 0 Å². The molecule has 2 fully saturated rings. The predicted molar refractivity (Wildman–Crippen MR) is 37.7 cm³/mol. The van der Waals surface area contributed by atoms with Gasteiger partial charge in [0.2, 0.25) is 0 Å². The summed E-state index contributed by atoms with van der Waals surface area (Å²) >= 11 is 0. The van der Waals surface area contributed by atoms with Gasteiger partial charge in [0.25, 0.3) is 0 Å². The van der Waals surface area contributed by atoms with Crippen LogP contribution < -0.4 is 0 Å². The summed E-state index contributed by atoms with van der Waals surface area (Å²) in [4.78, 5) is 0. The van der Waals surface area contributed by atoms with Crippen molar-refractivity contribution in [1.82, 2.24) is 0 Å². The fourth-order valence-corrected chi connectivity index (χ4v) is 1.87. The van der Waals surface area contributed by atoms with Crippen LogP contribution in [0, 0.1) is 0 Å². The third-order valence-electron chi connectivity index (χ3n) is 2.41. The van der Waals surface area contributed by atoms with E-state index in [0.717, 1.165) is 19.4 Å². The summed E-state index contributed by atoms with van der Waals surface area (Å²) in [6.07, 6.45) is 4.97. The molecule has 10 heavy (non-hydrogen) atoms.